The van der Waals surface area contributed by atoms with Gasteiger partial charge < -0.3 is 19.3 Å². The van der Waals surface area contributed by atoms with E-state index >= 15 is 0 Å². The lowest BCUT2D eigenvalue weighted by atomic mass is 10.00. The van der Waals surface area contributed by atoms with Crippen LogP contribution in [0.5, 0.6) is 0 Å². The lowest BCUT2D eigenvalue weighted by molar-refractivity contribution is -0.857. The second kappa shape index (κ2) is 7.13. The standard InChI is InChI=1S/C19H21N3O4/c1-12-4-5-14(26-12)16-15(17(23)13-6-8-20-9-7-13)18(24)19(25)22(16)11-10-21(2)3/h4-9,16,23H,10-11H2,1-3H3. The van der Waals surface area contributed by atoms with Crippen molar-refractivity contribution in [1.29, 1.82) is 0 Å². The van der Waals surface area contributed by atoms with Crippen LogP contribution < -0.4 is 10.0 Å². The van der Waals surface area contributed by atoms with Crippen molar-refractivity contribution in [2.45, 2.75) is 13.0 Å². The average Bonchev–Trinajstić information content (AvgIpc) is 3.15. The zero-order valence-corrected chi connectivity index (χ0v) is 15.0. The van der Waals surface area contributed by atoms with Gasteiger partial charge in [0.05, 0.1) is 27.2 Å². The van der Waals surface area contributed by atoms with E-state index in [1.807, 2.05) is 14.1 Å². The number of Topliss-reactive ketones (excluding diaryl/α,β-unsaturated/α-hetero) is 1. The lowest BCUT2D eigenvalue weighted by Crippen LogP contribution is -3.06. The van der Waals surface area contributed by atoms with Crippen LogP contribution in [0, 0.1) is 6.92 Å². The molecule has 7 heteroatoms. The molecule has 1 amide bonds. The maximum Gasteiger partial charge on any atom is 0.295 e. The monoisotopic (exact) mass is 355 g/mol. The van der Waals surface area contributed by atoms with Gasteiger partial charge in [-0.15, -0.1) is 0 Å². The Morgan fingerprint density at radius 2 is 1.92 bits per heavy atom. The lowest BCUT2D eigenvalue weighted by Gasteiger charge is -2.25. The van der Waals surface area contributed by atoms with Crippen LogP contribution in [0.4, 0.5) is 0 Å². The van der Waals surface area contributed by atoms with E-state index in [-0.39, 0.29) is 5.57 Å². The highest BCUT2D eigenvalue weighted by Gasteiger charge is 2.45. The molecule has 3 rings (SSSR count). The summed E-state index contributed by atoms with van der Waals surface area (Å²) in [6.07, 6.45) is 2.96. The number of nitrogens with one attached hydrogen (secondary N) is 1. The van der Waals surface area contributed by atoms with Gasteiger partial charge in [0.2, 0.25) is 5.78 Å². The van der Waals surface area contributed by atoms with E-state index < -0.39 is 23.5 Å². The fourth-order valence-electron chi connectivity index (χ4n) is 3.00. The number of hydrogen-bond acceptors (Lipinski definition) is 5. The Kier molecular flexibility index (Phi) is 4.90. The van der Waals surface area contributed by atoms with Gasteiger partial charge in [0.25, 0.3) is 5.91 Å². The van der Waals surface area contributed by atoms with Gasteiger partial charge in [-0.25, -0.2) is 0 Å². The van der Waals surface area contributed by atoms with Crippen LogP contribution >= 0.6 is 0 Å². The Morgan fingerprint density at radius 1 is 1.23 bits per heavy atom. The molecule has 0 spiro atoms. The Balaban J connectivity index is 2.11. The van der Waals surface area contributed by atoms with Crippen molar-refractivity contribution in [2.24, 2.45) is 0 Å². The first kappa shape index (κ1) is 17.9. The molecule has 0 radical (unpaired) electrons. The molecule has 0 aliphatic carbocycles. The van der Waals surface area contributed by atoms with E-state index in [0.717, 1.165) is 4.90 Å². The second-order valence-corrected chi connectivity index (χ2v) is 6.61. The first-order chi connectivity index (χ1) is 12.4. The van der Waals surface area contributed by atoms with Crippen LogP contribution in [0.1, 0.15) is 23.1 Å². The van der Waals surface area contributed by atoms with E-state index in [4.69, 9.17) is 4.42 Å². The minimum Gasteiger partial charge on any atom is -0.872 e. The fourth-order valence-corrected chi connectivity index (χ4v) is 3.00. The second-order valence-electron chi connectivity index (χ2n) is 6.61. The fraction of sp³-hybridized carbons (Fsp3) is 0.316. The third kappa shape index (κ3) is 3.25. The minimum absolute atomic E-state index is 0.0655. The number of amides is 1. The number of aryl methyl sites for hydroxylation is 1. The van der Waals surface area contributed by atoms with Crippen LogP contribution in [0.15, 0.2) is 46.6 Å². The summed E-state index contributed by atoms with van der Waals surface area (Å²) in [5.41, 5.74) is 0.258. The summed E-state index contributed by atoms with van der Waals surface area (Å²) in [7, 11) is 3.92. The number of likely N-dealkylation sites (tertiary alicyclic amines) is 1. The molecule has 7 nitrogen and oxygen atoms in total. The molecule has 1 N–H and O–H groups in total. The van der Waals surface area contributed by atoms with E-state index in [0.29, 0.717) is 30.2 Å². The maximum atomic E-state index is 13.0. The molecule has 26 heavy (non-hydrogen) atoms. The van der Waals surface area contributed by atoms with E-state index in [1.165, 1.54) is 29.4 Å². The van der Waals surface area contributed by atoms with E-state index in [1.54, 1.807) is 19.1 Å². The molecule has 0 bridgehead atoms. The van der Waals surface area contributed by atoms with Gasteiger partial charge in [0, 0.05) is 18.0 Å². The van der Waals surface area contributed by atoms with Crippen LogP contribution in [0.2, 0.25) is 0 Å². The van der Waals surface area contributed by atoms with Gasteiger partial charge in [-0.3, -0.25) is 14.6 Å². The van der Waals surface area contributed by atoms with E-state index in [9.17, 15) is 14.7 Å². The van der Waals surface area contributed by atoms with Crippen molar-refractivity contribution in [3.63, 3.8) is 0 Å². The maximum absolute atomic E-state index is 13.0. The first-order valence-corrected chi connectivity index (χ1v) is 8.42. The number of hydrogen-bond donors (Lipinski definition) is 1. The molecule has 136 valence electrons. The summed E-state index contributed by atoms with van der Waals surface area (Å²) in [5.74, 6) is -0.819. The topological polar surface area (TPSA) is 90.9 Å². The zero-order chi connectivity index (χ0) is 18.8. The number of carbonyl (C=O) groups is 2. The van der Waals surface area contributed by atoms with Gasteiger partial charge in [-0.2, -0.15) is 0 Å². The van der Waals surface area contributed by atoms with Gasteiger partial charge in [0.1, 0.15) is 17.6 Å². The number of carbonyl (C=O) groups excluding carboxylic acids is 2. The molecule has 1 saturated heterocycles. The third-order valence-corrected chi connectivity index (χ3v) is 4.36. The van der Waals surface area contributed by atoms with Crippen molar-refractivity contribution in [1.82, 2.24) is 9.88 Å². The van der Waals surface area contributed by atoms with Crippen molar-refractivity contribution in [2.75, 3.05) is 27.2 Å². The smallest absolute Gasteiger partial charge is 0.295 e. The molecule has 1 fully saturated rings. The number of pyridine rings is 1. The summed E-state index contributed by atoms with van der Waals surface area (Å²) in [5, 5.41) is 13.0. The molecule has 1 unspecified atom stereocenters. The summed E-state index contributed by atoms with van der Waals surface area (Å²) >= 11 is 0. The molecule has 1 atom stereocenters. The summed E-state index contributed by atoms with van der Waals surface area (Å²) in [6.45, 7) is 2.77. The summed E-state index contributed by atoms with van der Waals surface area (Å²) < 4.78 is 5.68. The predicted octanol–water partition coefficient (Wildman–Crippen LogP) is -0.648. The molecule has 3 heterocycles. The normalized spacial score (nSPS) is 19.5. The molecule has 2 aromatic rings. The van der Waals surface area contributed by atoms with Gasteiger partial charge >= 0.3 is 0 Å². The van der Waals surface area contributed by atoms with Gasteiger partial charge in [0.15, 0.2) is 0 Å². The van der Waals surface area contributed by atoms with Crippen LogP contribution in [0.25, 0.3) is 5.76 Å². The third-order valence-electron chi connectivity index (χ3n) is 4.36. The van der Waals surface area contributed by atoms with Gasteiger partial charge in [-0.05, 0) is 36.8 Å². The Hall–Kier alpha value is -2.93. The number of furan rings is 1. The summed E-state index contributed by atoms with van der Waals surface area (Å²) in [6, 6.07) is 5.73. The first-order valence-electron chi connectivity index (χ1n) is 8.42. The number of ketones is 1. The van der Waals surface area contributed by atoms with Crippen LogP contribution in [-0.2, 0) is 9.59 Å². The Morgan fingerprint density at radius 3 is 2.50 bits per heavy atom. The molecule has 0 saturated carbocycles. The highest BCUT2D eigenvalue weighted by molar-refractivity contribution is 6.46. The highest BCUT2D eigenvalue weighted by atomic mass is 16.3. The van der Waals surface area contributed by atoms with Crippen LogP contribution in [0.3, 0.4) is 0 Å². The summed E-state index contributed by atoms with van der Waals surface area (Å²) in [4.78, 5) is 31.7. The average molecular weight is 355 g/mol. The number of rotatable bonds is 5. The number of likely N-dealkylation sites (N-methyl/N-ethyl adjacent to an activating group) is 1. The highest BCUT2D eigenvalue weighted by Crippen LogP contribution is 2.38. The van der Waals surface area contributed by atoms with Crippen molar-refractivity contribution >= 4 is 17.4 Å². The van der Waals surface area contributed by atoms with E-state index in [2.05, 4.69) is 4.98 Å². The SMILES string of the molecule is Cc1ccc(C2C(=C([O-])c3ccncc3)C(=O)C(=O)N2CC[NH+](C)C)o1. The molecule has 2 aromatic heterocycles. The Bertz CT molecular complexity index is 855. The van der Waals surface area contributed by atoms with Crippen molar-refractivity contribution in [3.05, 3.63) is 59.3 Å². The quantitative estimate of drug-likeness (QED) is 0.437. The molecule has 0 aromatic carbocycles. The molecular weight excluding hydrogens is 334 g/mol. The van der Waals surface area contributed by atoms with Crippen LogP contribution in [-0.4, -0.2) is 48.8 Å². The number of nitrogens with zero attached hydrogens (tertiary/aromatic N) is 2. The number of quaternary nitrogens is 1. The molecule has 1 aliphatic rings. The molecular formula is C19H21N3O4. The minimum atomic E-state index is -0.802. The zero-order valence-electron chi connectivity index (χ0n) is 15.0. The van der Waals surface area contributed by atoms with Crippen molar-refractivity contribution in [3.8, 4) is 0 Å². The Labute approximate surface area is 151 Å². The van der Waals surface area contributed by atoms with Gasteiger partial charge in [-0.1, -0.05) is 5.76 Å². The molecule has 1 aliphatic heterocycles. The number of aromatic nitrogens is 1. The predicted molar refractivity (Wildman–Crippen MR) is 91.7 cm³/mol. The largest absolute Gasteiger partial charge is 0.872 e. The van der Waals surface area contributed by atoms with Crippen molar-refractivity contribution < 1.29 is 24.0 Å².